The van der Waals surface area contributed by atoms with Crippen molar-refractivity contribution in [2.45, 2.75) is 90.0 Å². The van der Waals surface area contributed by atoms with Crippen LogP contribution in [0.5, 0.6) is 0 Å². The molecule has 0 aromatic heterocycles. The molecule has 0 aliphatic rings. The van der Waals surface area contributed by atoms with Crippen molar-refractivity contribution in [3.05, 3.63) is 0 Å². The Morgan fingerprint density at radius 1 is 0.952 bits per heavy atom. The van der Waals surface area contributed by atoms with Gasteiger partial charge in [-0.25, -0.2) is 0 Å². The first-order valence-corrected chi connectivity index (χ1v) is 8.82. The fraction of sp³-hybridized carbons (Fsp3) is 0.941. The number of nitrogens with two attached hydrogens (primary N) is 2. The second-order valence-electron chi connectivity index (χ2n) is 5.93. The standard InChI is InChI=1S/C17H36N2O2/c1-2-3-4-5-6-7-8-13-17(20)21-15-10-12-16(19)11-9-14-18/h16H,2-15,18-19H2,1H3. The Bertz CT molecular complexity index is 235. The molecule has 1 atom stereocenters. The van der Waals surface area contributed by atoms with Gasteiger partial charge in [-0.2, -0.15) is 0 Å². The lowest BCUT2D eigenvalue weighted by atomic mass is 10.1. The molecule has 0 saturated carbocycles. The summed E-state index contributed by atoms with van der Waals surface area (Å²) in [7, 11) is 0. The quantitative estimate of drug-likeness (QED) is 0.358. The van der Waals surface area contributed by atoms with Gasteiger partial charge in [-0.1, -0.05) is 45.4 Å². The predicted molar refractivity (Wildman–Crippen MR) is 89.1 cm³/mol. The molecular formula is C17H36N2O2. The lowest BCUT2D eigenvalue weighted by molar-refractivity contribution is -0.143. The van der Waals surface area contributed by atoms with Crippen molar-refractivity contribution in [2.24, 2.45) is 11.5 Å². The van der Waals surface area contributed by atoms with Crippen molar-refractivity contribution in [3.8, 4) is 0 Å². The second kappa shape index (κ2) is 15.8. The Morgan fingerprint density at radius 2 is 1.57 bits per heavy atom. The largest absolute Gasteiger partial charge is 0.466 e. The molecule has 0 heterocycles. The van der Waals surface area contributed by atoms with Crippen LogP contribution in [0.4, 0.5) is 0 Å². The monoisotopic (exact) mass is 300 g/mol. The minimum Gasteiger partial charge on any atom is -0.466 e. The van der Waals surface area contributed by atoms with Gasteiger partial charge in [0.05, 0.1) is 6.61 Å². The molecule has 1 unspecified atom stereocenters. The fourth-order valence-electron chi connectivity index (χ4n) is 2.35. The van der Waals surface area contributed by atoms with Crippen LogP contribution in [0.2, 0.25) is 0 Å². The van der Waals surface area contributed by atoms with E-state index in [1.165, 1.54) is 32.1 Å². The Hall–Kier alpha value is -0.610. The molecule has 0 aromatic rings. The molecule has 0 aliphatic carbocycles. The summed E-state index contributed by atoms with van der Waals surface area (Å²) in [4.78, 5) is 11.5. The lowest BCUT2D eigenvalue weighted by Gasteiger charge is -2.10. The molecule has 0 fully saturated rings. The summed E-state index contributed by atoms with van der Waals surface area (Å²) in [6.45, 7) is 3.42. The second-order valence-corrected chi connectivity index (χ2v) is 5.93. The van der Waals surface area contributed by atoms with Gasteiger partial charge in [0.1, 0.15) is 0 Å². The Labute approximate surface area is 131 Å². The predicted octanol–water partition coefficient (Wildman–Crippen LogP) is 3.52. The number of carbonyl (C=O) groups excluding carboxylic acids is 1. The SMILES string of the molecule is CCCCCCCCCC(=O)OCCCC(N)CCCN. The normalized spacial score (nSPS) is 12.3. The highest BCUT2D eigenvalue weighted by Gasteiger charge is 2.05. The van der Waals surface area contributed by atoms with E-state index in [1.807, 2.05) is 0 Å². The van der Waals surface area contributed by atoms with Crippen LogP contribution >= 0.6 is 0 Å². The Morgan fingerprint density at radius 3 is 2.24 bits per heavy atom. The van der Waals surface area contributed by atoms with Gasteiger partial charge in [0.25, 0.3) is 0 Å². The molecule has 4 nitrogen and oxygen atoms in total. The maximum atomic E-state index is 11.5. The van der Waals surface area contributed by atoms with Crippen molar-refractivity contribution in [1.29, 1.82) is 0 Å². The molecule has 21 heavy (non-hydrogen) atoms. The zero-order valence-electron chi connectivity index (χ0n) is 13.9. The van der Waals surface area contributed by atoms with Crippen molar-refractivity contribution in [1.82, 2.24) is 0 Å². The van der Waals surface area contributed by atoms with Gasteiger partial charge >= 0.3 is 5.97 Å². The van der Waals surface area contributed by atoms with Crippen molar-refractivity contribution in [2.75, 3.05) is 13.2 Å². The van der Waals surface area contributed by atoms with Gasteiger partial charge in [-0.3, -0.25) is 4.79 Å². The zero-order valence-corrected chi connectivity index (χ0v) is 13.9. The molecule has 4 N–H and O–H groups in total. The number of hydrogen-bond donors (Lipinski definition) is 2. The molecule has 0 saturated heterocycles. The van der Waals surface area contributed by atoms with Gasteiger partial charge in [-0.15, -0.1) is 0 Å². The van der Waals surface area contributed by atoms with E-state index < -0.39 is 0 Å². The molecule has 0 aromatic carbocycles. The van der Waals surface area contributed by atoms with E-state index in [2.05, 4.69) is 6.92 Å². The van der Waals surface area contributed by atoms with E-state index in [9.17, 15) is 4.79 Å². The first kappa shape index (κ1) is 20.4. The summed E-state index contributed by atoms with van der Waals surface area (Å²) < 4.78 is 5.22. The van der Waals surface area contributed by atoms with Crippen LogP contribution in [0.1, 0.15) is 84.0 Å². The van der Waals surface area contributed by atoms with Gasteiger partial charge in [-0.05, 0) is 38.6 Å². The van der Waals surface area contributed by atoms with Crippen LogP contribution in [0.25, 0.3) is 0 Å². The smallest absolute Gasteiger partial charge is 0.305 e. The highest BCUT2D eigenvalue weighted by molar-refractivity contribution is 5.69. The molecule has 4 heteroatoms. The van der Waals surface area contributed by atoms with Gasteiger partial charge < -0.3 is 16.2 Å². The van der Waals surface area contributed by atoms with Crippen molar-refractivity contribution < 1.29 is 9.53 Å². The topological polar surface area (TPSA) is 78.3 Å². The maximum Gasteiger partial charge on any atom is 0.305 e. The Kier molecular flexibility index (Phi) is 15.3. The summed E-state index contributed by atoms with van der Waals surface area (Å²) in [6, 6.07) is 0.190. The molecule has 0 amide bonds. The average molecular weight is 300 g/mol. The highest BCUT2D eigenvalue weighted by Crippen LogP contribution is 2.09. The first-order chi connectivity index (χ1) is 10.2. The van der Waals surface area contributed by atoms with Crippen LogP contribution < -0.4 is 11.5 Å². The minimum atomic E-state index is -0.0564. The number of rotatable bonds is 15. The molecule has 0 aliphatic heterocycles. The highest BCUT2D eigenvalue weighted by atomic mass is 16.5. The maximum absolute atomic E-state index is 11.5. The molecule has 0 radical (unpaired) electrons. The summed E-state index contributed by atoms with van der Waals surface area (Å²) in [6.07, 6.45) is 12.8. The summed E-state index contributed by atoms with van der Waals surface area (Å²) in [5.74, 6) is -0.0564. The van der Waals surface area contributed by atoms with Crippen LogP contribution in [-0.2, 0) is 9.53 Å². The van der Waals surface area contributed by atoms with Crippen molar-refractivity contribution in [3.63, 3.8) is 0 Å². The number of hydrogen-bond acceptors (Lipinski definition) is 4. The molecule has 0 rings (SSSR count). The van der Waals surface area contributed by atoms with Crippen molar-refractivity contribution >= 4 is 5.97 Å². The van der Waals surface area contributed by atoms with Crippen LogP contribution in [0.3, 0.4) is 0 Å². The van der Waals surface area contributed by atoms with Crippen LogP contribution in [-0.4, -0.2) is 25.2 Å². The van der Waals surface area contributed by atoms with E-state index in [0.29, 0.717) is 19.6 Å². The van der Waals surface area contributed by atoms with E-state index in [-0.39, 0.29) is 12.0 Å². The Balaban J connectivity index is 3.27. The molecule has 0 spiro atoms. The van der Waals surface area contributed by atoms with Gasteiger partial charge in [0.15, 0.2) is 0 Å². The van der Waals surface area contributed by atoms with Gasteiger partial charge in [0, 0.05) is 12.5 Å². The average Bonchev–Trinajstić information content (AvgIpc) is 2.48. The summed E-state index contributed by atoms with van der Waals surface area (Å²) in [5.41, 5.74) is 11.4. The summed E-state index contributed by atoms with van der Waals surface area (Å²) >= 11 is 0. The fourth-order valence-corrected chi connectivity index (χ4v) is 2.35. The minimum absolute atomic E-state index is 0.0564. The van der Waals surface area contributed by atoms with Crippen LogP contribution in [0, 0.1) is 0 Å². The zero-order chi connectivity index (χ0) is 15.8. The van der Waals surface area contributed by atoms with Crippen LogP contribution in [0.15, 0.2) is 0 Å². The molecule has 0 bridgehead atoms. The lowest BCUT2D eigenvalue weighted by Crippen LogP contribution is -2.21. The summed E-state index contributed by atoms with van der Waals surface area (Å²) in [5, 5.41) is 0. The molecule has 126 valence electrons. The number of unbranched alkanes of at least 4 members (excludes halogenated alkanes) is 6. The first-order valence-electron chi connectivity index (χ1n) is 8.82. The molecular weight excluding hydrogens is 264 g/mol. The van der Waals surface area contributed by atoms with E-state index in [0.717, 1.165) is 38.5 Å². The van der Waals surface area contributed by atoms with E-state index >= 15 is 0 Å². The third kappa shape index (κ3) is 15.6. The van der Waals surface area contributed by atoms with E-state index in [4.69, 9.17) is 16.2 Å². The number of esters is 1. The number of carbonyl (C=O) groups is 1. The van der Waals surface area contributed by atoms with E-state index in [1.54, 1.807) is 0 Å². The third-order valence-electron chi connectivity index (χ3n) is 3.75. The van der Waals surface area contributed by atoms with Gasteiger partial charge in [0.2, 0.25) is 0 Å². The number of ether oxygens (including phenoxy) is 1. The third-order valence-corrected chi connectivity index (χ3v) is 3.75.